The number of carbonyl (C=O) groups excluding carboxylic acids is 1. The maximum absolute atomic E-state index is 12.2. The Kier molecular flexibility index (Phi) is 4.88. The molecule has 1 unspecified atom stereocenters. The van der Waals surface area contributed by atoms with E-state index < -0.39 is 0 Å². The Bertz CT molecular complexity index is 473. The Morgan fingerprint density at radius 2 is 2.15 bits per heavy atom. The zero-order chi connectivity index (χ0) is 14.5. The van der Waals surface area contributed by atoms with Crippen molar-refractivity contribution in [1.29, 1.82) is 0 Å². The predicted molar refractivity (Wildman–Crippen MR) is 78.3 cm³/mol. The molecule has 1 aliphatic rings. The number of ether oxygens (including phenoxy) is 2. The zero-order valence-corrected chi connectivity index (χ0v) is 12.5. The Morgan fingerprint density at radius 3 is 2.85 bits per heavy atom. The van der Waals surface area contributed by atoms with Crippen molar-refractivity contribution < 1.29 is 14.3 Å². The smallest absolute Gasteiger partial charge is 0.260 e. The number of piperidine rings is 1. The van der Waals surface area contributed by atoms with E-state index in [1.54, 1.807) is 7.11 Å². The van der Waals surface area contributed by atoms with E-state index in [4.69, 9.17) is 9.47 Å². The molecule has 20 heavy (non-hydrogen) atoms. The van der Waals surface area contributed by atoms with Gasteiger partial charge < -0.3 is 14.4 Å². The molecule has 1 aromatic rings. The van der Waals surface area contributed by atoms with Gasteiger partial charge in [-0.1, -0.05) is 6.07 Å². The number of likely N-dealkylation sites (tertiary alicyclic amines) is 1. The molecule has 1 atom stereocenters. The quantitative estimate of drug-likeness (QED) is 0.849. The summed E-state index contributed by atoms with van der Waals surface area (Å²) in [6, 6.07) is 6.02. The van der Waals surface area contributed by atoms with Gasteiger partial charge in [0.25, 0.3) is 5.91 Å². The number of benzene rings is 1. The van der Waals surface area contributed by atoms with Crippen LogP contribution in [0.5, 0.6) is 11.5 Å². The summed E-state index contributed by atoms with van der Waals surface area (Å²) in [4.78, 5) is 14.1. The molecule has 2 rings (SSSR count). The Morgan fingerprint density at radius 1 is 1.35 bits per heavy atom. The molecule has 0 bridgehead atoms. The highest BCUT2D eigenvalue weighted by atomic mass is 16.5. The first-order chi connectivity index (χ1) is 9.61. The topological polar surface area (TPSA) is 38.8 Å². The molecule has 4 nitrogen and oxygen atoms in total. The molecule has 0 spiro atoms. The number of amides is 1. The van der Waals surface area contributed by atoms with Crippen LogP contribution in [0.25, 0.3) is 0 Å². The molecule has 1 fully saturated rings. The first-order valence-corrected chi connectivity index (χ1v) is 7.18. The second-order valence-electron chi connectivity index (χ2n) is 5.37. The zero-order valence-electron chi connectivity index (χ0n) is 12.5. The predicted octanol–water partition coefficient (Wildman–Crippen LogP) is 2.78. The van der Waals surface area contributed by atoms with Crippen LogP contribution in [0.15, 0.2) is 18.2 Å². The minimum absolute atomic E-state index is 0.0554. The minimum atomic E-state index is 0.0554. The van der Waals surface area contributed by atoms with Crippen LogP contribution in [-0.4, -0.2) is 37.1 Å². The molecule has 0 N–H and O–H groups in total. The van der Waals surface area contributed by atoms with E-state index in [-0.39, 0.29) is 12.5 Å². The van der Waals surface area contributed by atoms with Crippen LogP contribution in [-0.2, 0) is 4.79 Å². The summed E-state index contributed by atoms with van der Waals surface area (Å²) < 4.78 is 10.9. The average molecular weight is 277 g/mol. The summed E-state index contributed by atoms with van der Waals surface area (Å²) in [6.07, 6.45) is 3.38. The molecule has 110 valence electrons. The third-order valence-electron chi connectivity index (χ3n) is 3.79. The summed E-state index contributed by atoms with van der Waals surface area (Å²) in [6.45, 7) is 5.01. The van der Waals surface area contributed by atoms with Crippen molar-refractivity contribution in [3.63, 3.8) is 0 Å². The maximum atomic E-state index is 12.2. The van der Waals surface area contributed by atoms with E-state index in [0.29, 0.717) is 17.5 Å². The third kappa shape index (κ3) is 3.44. The van der Waals surface area contributed by atoms with Gasteiger partial charge in [0.15, 0.2) is 18.1 Å². The molecule has 0 aliphatic carbocycles. The molecule has 1 heterocycles. The van der Waals surface area contributed by atoms with Crippen LogP contribution in [0.2, 0.25) is 0 Å². The van der Waals surface area contributed by atoms with Crippen molar-refractivity contribution in [3.8, 4) is 11.5 Å². The van der Waals surface area contributed by atoms with Gasteiger partial charge in [-0.2, -0.15) is 0 Å². The molecular formula is C16H23NO3. The SMILES string of the molecule is COc1cc(C)ccc1OCC(=O)N1CCCCC1C. The monoisotopic (exact) mass is 277 g/mol. The van der Waals surface area contributed by atoms with Gasteiger partial charge in [-0.05, 0) is 50.8 Å². The highest BCUT2D eigenvalue weighted by Gasteiger charge is 2.23. The van der Waals surface area contributed by atoms with Gasteiger partial charge >= 0.3 is 0 Å². The van der Waals surface area contributed by atoms with Crippen LogP contribution in [0.1, 0.15) is 31.7 Å². The van der Waals surface area contributed by atoms with Gasteiger partial charge in [-0.15, -0.1) is 0 Å². The standard InChI is InChI=1S/C16H23NO3/c1-12-7-8-14(15(10-12)19-3)20-11-16(18)17-9-5-4-6-13(17)2/h7-8,10,13H,4-6,9,11H2,1-3H3. The Hall–Kier alpha value is -1.71. The van der Waals surface area contributed by atoms with Gasteiger partial charge in [0.1, 0.15) is 0 Å². The largest absolute Gasteiger partial charge is 0.493 e. The number of hydrogen-bond acceptors (Lipinski definition) is 3. The highest BCUT2D eigenvalue weighted by molar-refractivity contribution is 5.78. The normalized spacial score (nSPS) is 18.8. The van der Waals surface area contributed by atoms with Crippen LogP contribution >= 0.6 is 0 Å². The number of methoxy groups -OCH3 is 1. The molecule has 1 saturated heterocycles. The van der Waals surface area contributed by atoms with Crippen molar-refractivity contribution in [1.82, 2.24) is 4.90 Å². The van der Waals surface area contributed by atoms with Gasteiger partial charge in [-0.25, -0.2) is 0 Å². The van der Waals surface area contributed by atoms with Crippen LogP contribution < -0.4 is 9.47 Å². The molecule has 1 aromatic carbocycles. The van der Waals surface area contributed by atoms with E-state index >= 15 is 0 Å². The summed E-state index contributed by atoms with van der Waals surface area (Å²) in [5, 5.41) is 0. The average Bonchev–Trinajstić information content (AvgIpc) is 2.46. The number of rotatable bonds is 4. The van der Waals surface area contributed by atoms with Crippen LogP contribution in [0.4, 0.5) is 0 Å². The lowest BCUT2D eigenvalue weighted by atomic mass is 10.0. The molecule has 1 aliphatic heterocycles. The lowest BCUT2D eigenvalue weighted by molar-refractivity contribution is -0.136. The van der Waals surface area contributed by atoms with E-state index in [1.807, 2.05) is 30.0 Å². The fourth-order valence-corrected chi connectivity index (χ4v) is 2.59. The summed E-state index contributed by atoms with van der Waals surface area (Å²) in [5.41, 5.74) is 1.10. The second kappa shape index (κ2) is 6.64. The lowest BCUT2D eigenvalue weighted by Crippen LogP contribution is -2.44. The minimum Gasteiger partial charge on any atom is -0.493 e. The van der Waals surface area contributed by atoms with Crippen molar-refractivity contribution in [2.45, 2.75) is 39.2 Å². The molecule has 0 aromatic heterocycles. The van der Waals surface area contributed by atoms with E-state index in [0.717, 1.165) is 24.9 Å². The van der Waals surface area contributed by atoms with E-state index in [2.05, 4.69) is 6.92 Å². The molecule has 4 heteroatoms. The van der Waals surface area contributed by atoms with E-state index in [1.165, 1.54) is 6.42 Å². The number of nitrogens with zero attached hydrogens (tertiary/aromatic N) is 1. The number of carbonyl (C=O) groups is 1. The van der Waals surface area contributed by atoms with Crippen molar-refractivity contribution in [2.75, 3.05) is 20.3 Å². The van der Waals surface area contributed by atoms with Gasteiger partial charge in [-0.3, -0.25) is 4.79 Å². The van der Waals surface area contributed by atoms with Gasteiger partial charge in [0.2, 0.25) is 0 Å². The number of aryl methyl sites for hydroxylation is 1. The number of hydrogen-bond donors (Lipinski definition) is 0. The van der Waals surface area contributed by atoms with Crippen molar-refractivity contribution in [3.05, 3.63) is 23.8 Å². The molecule has 1 amide bonds. The van der Waals surface area contributed by atoms with Gasteiger partial charge in [0, 0.05) is 12.6 Å². The van der Waals surface area contributed by atoms with Crippen LogP contribution in [0.3, 0.4) is 0 Å². The summed E-state index contributed by atoms with van der Waals surface area (Å²) >= 11 is 0. The Balaban J connectivity index is 1.96. The van der Waals surface area contributed by atoms with Crippen molar-refractivity contribution in [2.24, 2.45) is 0 Å². The Labute approximate surface area is 120 Å². The maximum Gasteiger partial charge on any atom is 0.260 e. The van der Waals surface area contributed by atoms with Gasteiger partial charge in [0.05, 0.1) is 7.11 Å². The molecular weight excluding hydrogens is 254 g/mol. The fraction of sp³-hybridized carbons (Fsp3) is 0.562. The van der Waals surface area contributed by atoms with Crippen molar-refractivity contribution >= 4 is 5.91 Å². The lowest BCUT2D eigenvalue weighted by Gasteiger charge is -2.33. The highest BCUT2D eigenvalue weighted by Crippen LogP contribution is 2.28. The first-order valence-electron chi connectivity index (χ1n) is 7.18. The second-order valence-corrected chi connectivity index (χ2v) is 5.37. The fourth-order valence-electron chi connectivity index (χ4n) is 2.59. The summed E-state index contributed by atoms with van der Waals surface area (Å²) in [7, 11) is 1.61. The molecule has 0 radical (unpaired) electrons. The first kappa shape index (κ1) is 14.7. The summed E-state index contributed by atoms with van der Waals surface area (Å²) in [5.74, 6) is 1.35. The van der Waals surface area contributed by atoms with E-state index in [9.17, 15) is 4.79 Å². The third-order valence-corrected chi connectivity index (χ3v) is 3.79. The van der Waals surface area contributed by atoms with Crippen LogP contribution in [0, 0.1) is 6.92 Å². The molecule has 0 saturated carbocycles.